The van der Waals surface area contributed by atoms with Crippen molar-refractivity contribution in [1.29, 1.82) is 0 Å². The molecular weight excluding hydrogens is 404 g/mol. The van der Waals surface area contributed by atoms with E-state index in [-0.39, 0.29) is 12.5 Å². The van der Waals surface area contributed by atoms with Gasteiger partial charge in [0.05, 0.1) is 17.6 Å². The number of pyridine rings is 1. The number of fused-ring (bicyclic) bond motifs is 1. The monoisotopic (exact) mass is 430 g/mol. The summed E-state index contributed by atoms with van der Waals surface area (Å²) in [5.74, 6) is 2.57. The molecule has 7 heteroatoms. The van der Waals surface area contributed by atoms with Crippen LogP contribution >= 0.6 is 0 Å². The molecule has 0 spiro atoms. The maximum absolute atomic E-state index is 12.6. The molecule has 7 nitrogen and oxygen atoms in total. The molecule has 0 aliphatic heterocycles. The zero-order chi connectivity index (χ0) is 22.3. The van der Waals surface area contributed by atoms with Crippen LogP contribution in [0.5, 0.6) is 17.4 Å². The fourth-order valence-corrected chi connectivity index (χ4v) is 3.47. The number of aromatic nitrogens is 3. The van der Waals surface area contributed by atoms with Crippen molar-refractivity contribution in [2.45, 2.75) is 33.4 Å². The lowest BCUT2D eigenvalue weighted by Crippen LogP contribution is -2.27. The number of para-hydroxylation sites is 4. The maximum Gasteiger partial charge on any atom is 0.240 e. The fraction of sp³-hybridized carbons (Fsp3) is 0.240. The van der Waals surface area contributed by atoms with E-state index in [4.69, 9.17) is 9.47 Å². The molecule has 4 rings (SSSR count). The zero-order valence-electron chi connectivity index (χ0n) is 18.2. The number of hydrogen-bond donors (Lipinski definition) is 1. The minimum atomic E-state index is -0.0752. The van der Waals surface area contributed by atoms with Crippen molar-refractivity contribution in [3.63, 3.8) is 0 Å². The number of benzene rings is 2. The molecule has 0 bridgehead atoms. The first-order chi connectivity index (χ1) is 15.7. The number of amides is 1. The van der Waals surface area contributed by atoms with Gasteiger partial charge in [0.2, 0.25) is 11.8 Å². The molecule has 164 valence electrons. The first-order valence-corrected chi connectivity index (χ1v) is 10.7. The van der Waals surface area contributed by atoms with E-state index < -0.39 is 0 Å². The number of ether oxygens (including phenoxy) is 2. The molecule has 0 unspecified atom stereocenters. The van der Waals surface area contributed by atoms with Gasteiger partial charge in [0, 0.05) is 25.2 Å². The normalized spacial score (nSPS) is 10.8. The number of carbonyl (C=O) groups excluding carboxylic acids is 1. The number of hydrogen-bond acceptors (Lipinski definition) is 5. The Bertz CT molecular complexity index is 1200. The first kappa shape index (κ1) is 21.4. The van der Waals surface area contributed by atoms with Crippen LogP contribution < -0.4 is 14.8 Å². The second kappa shape index (κ2) is 9.96. The summed E-state index contributed by atoms with van der Waals surface area (Å²) in [6, 6.07) is 19.0. The molecule has 0 saturated heterocycles. The van der Waals surface area contributed by atoms with Crippen LogP contribution in [0.2, 0.25) is 0 Å². The van der Waals surface area contributed by atoms with Crippen molar-refractivity contribution in [3.8, 4) is 17.4 Å². The van der Waals surface area contributed by atoms with Crippen LogP contribution in [0.3, 0.4) is 0 Å². The Morgan fingerprint density at radius 3 is 2.53 bits per heavy atom. The van der Waals surface area contributed by atoms with E-state index in [0.29, 0.717) is 30.5 Å². The molecule has 2 aromatic heterocycles. The molecule has 0 saturated carbocycles. The van der Waals surface area contributed by atoms with Crippen LogP contribution in [-0.2, 0) is 24.3 Å². The Kier molecular flexibility index (Phi) is 6.65. The van der Waals surface area contributed by atoms with E-state index in [1.807, 2.05) is 73.0 Å². The van der Waals surface area contributed by atoms with Crippen LogP contribution in [0.1, 0.15) is 25.2 Å². The highest BCUT2D eigenvalue weighted by Gasteiger charge is 2.12. The second-order valence-electron chi connectivity index (χ2n) is 7.22. The summed E-state index contributed by atoms with van der Waals surface area (Å²) >= 11 is 0. The number of rotatable bonds is 9. The van der Waals surface area contributed by atoms with Crippen molar-refractivity contribution < 1.29 is 14.3 Å². The van der Waals surface area contributed by atoms with Crippen molar-refractivity contribution in [1.82, 2.24) is 19.9 Å². The van der Waals surface area contributed by atoms with E-state index in [2.05, 4.69) is 15.3 Å². The van der Waals surface area contributed by atoms with Gasteiger partial charge in [0.25, 0.3) is 0 Å². The van der Waals surface area contributed by atoms with Crippen molar-refractivity contribution in [2.24, 2.45) is 0 Å². The molecule has 32 heavy (non-hydrogen) atoms. The molecule has 0 aliphatic carbocycles. The second-order valence-corrected chi connectivity index (χ2v) is 7.22. The lowest BCUT2D eigenvalue weighted by Gasteiger charge is -2.11. The summed E-state index contributed by atoms with van der Waals surface area (Å²) in [4.78, 5) is 21.6. The Morgan fingerprint density at radius 2 is 1.78 bits per heavy atom. The molecule has 1 N–H and O–H groups in total. The predicted molar refractivity (Wildman–Crippen MR) is 123 cm³/mol. The summed E-state index contributed by atoms with van der Waals surface area (Å²) in [5.41, 5.74) is 2.76. The molecule has 0 atom stereocenters. The molecule has 1 amide bonds. The van der Waals surface area contributed by atoms with Crippen LogP contribution in [0.15, 0.2) is 66.9 Å². The van der Waals surface area contributed by atoms with E-state index in [9.17, 15) is 4.79 Å². The van der Waals surface area contributed by atoms with Gasteiger partial charge < -0.3 is 19.4 Å². The largest absolute Gasteiger partial charge is 0.490 e. The van der Waals surface area contributed by atoms with Crippen molar-refractivity contribution >= 4 is 16.9 Å². The highest BCUT2D eigenvalue weighted by atomic mass is 16.5. The molecule has 0 radical (unpaired) electrons. The minimum Gasteiger partial charge on any atom is -0.490 e. The van der Waals surface area contributed by atoms with E-state index >= 15 is 0 Å². The third-order valence-corrected chi connectivity index (χ3v) is 5.00. The summed E-state index contributed by atoms with van der Waals surface area (Å²) < 4.78 is 13.4. The van der Waals surface area contributed by atoms with Gasteiger partial charge in [-0.1, -0.05) is 37.3 Å². The summed E-state index contributed by atoms with van der Waals surface area (Å²) in [5, 5.41) is 2.96. The Labute approximate surface area is 187 Å². The van der Waals surface area contributed by atoms with Gasteiger partial charge in [-0.05, 0) is 36.8 Å². The summed E-state index contributed by atoms with van der Waals surface area (Å²) in [6.45, 7) is 5.14. The number of nitrogens with one attached hydrogen (secondary N) is 1. The van der Waals surface area contributed by atoms with E-state index in [1.54, 1.807) is 12.3 Å². The number of aryl methyl sites for hydroxylation is 1. The SMILES string of the molecule is CCOc1ccccc1Oc1ccc(CNC(=O)Cn2c(CC)nc3ccccc32)cn1. The van der Waals surface area contributed by atoms with Gasteiger partial charge in [-0.3, -0.25) is 4.79 Å². The van der Waals surface area contributed by atoms with Gasteiger partial charge >= 0.3 is 0 Å². The standard InChI is InChI=1S/C25H26N4O3/c1-3-23-28-19-9-5-6-10-20(19)29(23)17-24(30)26-15-18-13-14-25(27-16-18)32-22-12-8-7-11-21(22)31-4-2/h5-14,16H,3-4,15,17H2,1-2H3,(H,26,30). The molecule has 2 heterocycles. The number of carbonyl (C=O) groups is 1. The van der Waals surface area contributed by atoms with Gasteiger partial charge in [-0.25, -0.2) is 9.97 Å². The highest BCUT2D eigenvalue weighted by Crippen LogP contribution is 2.30. The van der Waals surface area contributed by atoms with Gasteiger partial charge in [0.1, 0.15) is 12.4 Å². The van der Waals surface area contributed by atoms with Gasteiger partial charge in [0.15, 0.2) is 11.5 Å². The van der Waals surface area contributed by atoms with E-state index in [0.717, 1.165) is 28.8 Å². The van der Waals surface area contributed by atoms with Crippen LogP contribution in [0, 0.1) is 0 Å². The Morgan fingerprint density at radius 1 is 1.00 bits per heavy atom. The van der Waals surface area contributed by atoms with Crippen LogP contribution in [0.25, 0.3) is 11.0 Å². The Balaban J connectivity index is 1.36. The van der Waals surface area contributed by atoms with Gasteiger partial charge in [-0.15, -0.1) is 0 Å². The summed E-state index contributed by atoms with van der Waals surface area (Å²) in [7, 11) is 0. The molecular formula is C25H26N4O3. The molecule has 2 aromatic carbocycles. The van der Waals surface area contributed by atoms with Crippen LogP contribution in [0.4, 0.5) is 0 Å². The maximum atomic E-state index is 12.6. The molecule has 0 aliphatic rings. The molecule has 4 aromatic rings. The third kappa shape index (κ3) is 4.88. The van der Waals surface area contributed by atoms with Gasteiger partial charge in [-0.2, -0.15) is 0 Å². The topological polar surface area (TPSA) is 78.3 Å². The fourth-order valence-electron chi connectivity index (χ4n) is 3.47. The van der Waals surface area contributed by atoms with Crippen molar-refractivity contribution in [2.75, 3.05) is 6.61 Å². The lowest BCUT2D eigenvalue weighted by molar-refractivity contribution is -0.121. The first-order valence-electron chi connectivity index (χ1n) is 10.7. The zero-order valence-corrected chi connectivity index (χ0v) is 18.2. The van der Waals surface area contributed by atoms with Crippen LogP contribution in [-0.4, -0.2) is 27.0 Å². The Hall–Kier alpha value is -3.87. The quantitative estimate of drug-likeness (QED) is 0.423. The predicted octanol–water partition coefficient (Wildman–Crippen LogP) is 4.50. The lowest BCUT2D eigenvalue weighted by atomic mass is 10.3. The number of nitrogens with zero attached hydrogens (tertiary/aromatic N) is 3. The smallest absolute Gasteiger partial charge is 0.240 e. The third-order valence-electron chi connectivity index (χ3n) is 5.00. The average Bonchev–Trinajstić information content (AvgIpc) is 3.17. The van der Waals surface area contributed by atoms with E-state index in [1.165, 1.54) is 0 Å². The summed E-state index contributed by atoms with van der Waals surface area (Å²) in [6.07, 6.45) is 2.46. The number of imidazole rings is 1. The van der Waals surface area contributed by atoms with Crippen molar-refractivity contribution in [3.05, 3.63) is 78.2 Å². The average molecular weight is 431 g/mol. The minimum absolute atomic E-state index is 0.0752. The molecule has 0 fully saturated rings. The highest BCUT2D eigenvalue weighted by molar-refractivity contribution is 5.81.